The highest BCUT2D eigenvalue weighted by molar-refractivity contribution is 6.63. The molecule has 2 aliphatic rings. The number of carbonyl (C=O) groups excluding carboxylic acids is 4. The highest BCUT2D eigenvalue weighted by atomic mass is 35.5. The van der Waals surface area contributed by atoms with Crippen molar-refractivity contribution in [3.05, 3.63) is 71.8 Å². The van der Waals surface area contributed by atoms with Crippen molar-refractivity contribution in [1.82, 2.24) is 10.2 Å². The van der Waals surface area contributed by atoms with E-state index >= 15 is 0 Å². The maximum atomic E-state index is 11.7. The first-order valence-corrected chi connectivity index (χ1v) is 11.8. The quantitative estimate of drug-likeness (QED) is 0.552. The minimum Gasteiger partial charge on any atom is -0.439 e. The lowest BCUT2D eigenvalue weighted by Crippen LogP contribution is -2.37. The standard InChI is InChI=1S/C13H15NO3.C10H11NO2.C3H5ClO/c1-3-11(15)14-9(2)12(17-13(14)16)10-7-5-4-6-8-10;1-7-9(13-10(12)11-7)8-5-3-2-4-6-8;1-2-3(4)5/h4-9,12H,3H2,1-2H3;2-7,9H,1H3,(H,11,12);2H2,1H3/t9-,12-;7-,9-;/m11./s1. The van der Waals surface area contributed by atoms with Crippen LogP contribution in [0.3, 0.4) is 0 Å². The number of hydrogen-bond donors (Lipinski definition) is 1. The van der Waals surface area contributed by atoms with Crippen LogP contribution < -0.4 is 5.32 Å². The lowest BCUT2D eigenvalue weighted by atomic mass is 10.0. The SMILES string of the molecule is CCC(=O)Cl.CCC(=O)N1C(=O)O[C@@H](c2ccccc2)[C@H]1C.C[C@H]1NC(=O)O[C@H]1c1ccccc1. The molecule has 3 amide bonds. The molecule has 0 unspecified atom stereocenters. The van der Waals surface area contributed by atoms with Gasteiger partial charge in [-0.1, -0.05) is 74.5 Å². The average molecular weight is 503 g/mol. The van der Waals surface area contributed by atoms with Crippen LogP contribution in [-0.2, 0) is 19.1 Å². The number of benzene rings is 2. The number of hydrogen-bond acceptors (Lipinski definition) is 6. The molecule has 2 aromatic carbocycles. The van der Waals surface area contributed by atoms with Gasteiger partial charge in [-0.05, 0) is 36.6 Å². The van der Waals surface area contributed by atoms with Crippen molar-refractivity contribution in [3.63, 3.8) is 0 Å². The second-order valence-electron chi connectivity index (χ2n) is 7.95. The van der Waals surface area contributed by atoms with E-state index in [0.29, 0.717) is 12.8 Å². The summed E-state index contributed by atoms with van der Waals surface area (Å²) in [5.41, 5.74) is 1.95. The maximum absolute atomic E-state index is 11.7. The summed E-state index contributed by atoms with van der Waals surface area (Å²) in [6.07, 6.45) is -0.643. The molecule has 4 atom stereocenters. The Hall–Kier alpha value is -3.39. The number of carbonyl (C=O) groups is 4. The first kappa shape index (κ1) is 27.9. The van der Waals surface area contributed by atoms with E-state index < -0.39 is 6.09 Å². The molecule has 188 valence electrons. The molecule has 35 heavy (non-hydrogen) atoms. The van der Waals surface area contributed by atoms with Crippen molar-refractivity contribution in [2.45, 2.75) is 64.8 Å². The zero-order chi connectivity index (χ0) is 26.0. The highest BCUT2D eigenvalue weighted by Crippen LogP contribution is 2.32. The Balaban J connectivity index is 0.000000212. The predicted molar refractivity (Wildman–Crippen MR) is 132 cm³/mol. The summed E-state index contributed by atoms with van der Waals surface area (Å²) in [6, 6.07) is 19.0. The summed E-state index contributed by atoms with van der Waals surface area (Å²) >= 11 is 4.82. The first-order chi connectivity index (χ1) is 16.7. The van der Waals surface area contributed by atoms with Gasteiger partial charge >= 0.3 is 12.2 Å². The van der Waals surface area contributed by atoms with Crippen LogP contribution in [0.2, 0.25) is 0 Å². The third-order valence-corrected chi connectivity index (χ3v) is 5.68. The third kappa shape index (κ3) is 7.82. The van der Waals surface area contributed by atoms with Gasteiger partial charge in [0.15, 0.2) is 0 Å². The van der Waals surface area contributed by atoms with Gasteiger partial charge in [-0.15, -0.1) is 0 Å². The number of nitrogens with zero attached hydrogens (tertiary/aromatic N) is 1. The Morgan fingerprint density at radius 3 is 1.74 bits per heavy atom. The Morgan fingerprint density at radius 2 is 1.34 bits per heavy atom. The average Bonchev–Trinajstić information content (AvgIpc) is 3.37. The van der Waals surface area contributed by atoms with E-state index in [2.05, 4.69) is 5.32 Å². The van der Waals surface area contributed by atoms with Gasteiger partial charge in [0.2, 0.25) is 11.1 Å². The van der Waals surface area contributed by atoms with E-state index in [0.717, 1.165) is 11.1 Å². The molecule has 0 aromatic heterocycles. The van der Waals surface area contributed by atoms with Crippen molar-refractivity contribution in [2.75, 3.05) is 0 Å². The molecule has 0 aliphatic carbocycles. The zero-order valence-corrected chi connectivity index (χ0v) is 21.0. The molecule has 2 aromatic rings. The van der Waals surface area contributed by atoms with E-state index in [1.807, 2.05) is 74.5 Å². The first-order valence-electron chi connectivity index (χ1n) is 11.5. The fourth-order valence-corrected chi connectivity index (χ4v) is 3.57. The van der Waals surface area contributed by atoms with Gasteiger partial charge in [-0.2, -0.15) is 0 Å². The van der Waals surface area contributed by atoms with Crippen LogP contribution in [0.5, 0.6) is 0 Å². The molecule has 9 heteroatoms. The maximum Gasteiger partial charge on any atom is 0.417 e. The lowest BCUT2D eigenvalue weighted by Gasteiger charge is -2.18. The number of cyclic esters (lactones) is 2. The van der Waals surface area contributed by atoms with Gasteiger partial charge in [0.05, 0.1) is 12.1 Å². The van der Waals surface area contributed by atoms with Gasteiger partial charge in [0, 0.05) is 12.8 Å². The van der Waals surface area contributed by atoms with Crippen molar-refractivity contribution in [1.29, 1.82) is 0 Å². The summed E-state index contributed by atoms with van der Waals surface area (Å²) in [5.74, 6) is -0.194. The third-order valence-electron chi connectivity index (χ3n) is 5.41. The summed E-state index contributed by atoms with van der Waals surface area (Å²) in [7, 11) is 0. The van der Waals surface area contributed by atoms with Crippen LogP contribution in [0.4, 0.5) is 9.59 Å². The summed E-state index contributed by atoms with van der Waals surface area (Å²) in [4.78, 5) is 45.0. The number of rotatable bonds is 4. The van der Waals surface area contributed by atoms with Crippen LogP contribution in [0.15, 0.2) is 60.7 Å². The van der Waals surface area contributed by atoms with Crippen molar-refractivity contribution in [2.24, 2.45) is 0 Å². The molecule has 8 nitrogen and oxygen atoms in total. The summed E-state index contributed by atoms with van der Waals surface area (Å²) < 4.78 is 10.4. The second kappa shape index (κ2) is 13.5. The molecule has 2 fully saturated rings. The number of alkyl carbamates (subject to hydrolysis) is 1. The second-order valence-corrected chi connectivity index (χ2v) is 8.37. The van der Waals surface area contributed by atoms with Gasteiger partial charge < -0.3 is 14.8 Å². The number of amides is 3. The van der Waals surface area contributed by atoms with Crippen molar-refractivity contribution in [3.8, 4) is 0 Å². The largest absolute Gasteiger partial charge is 0.439 e. The minimum absolute atomic E-state index is 0.0508. The monoisotopic (exact) mass is 502 g/mol. The van der Waals surface area contributed by atoms with E-state index in [-0.39, 0.29) is 41.5 Å². The van der Waals surface area contributed by atoms with E-state index in [9.17, 15) is 19.2 Å². The Labute approximate surface area is 210 Å². The fourth-order valence-electron chi connectivity index (χ4n) is 3.57. The zero-order valence-electron chi connectivity index (χ0n) is 20.3. The molecule has 0 spiro atoms. The van der Waals surface area contributed by atoms with Gasteiger partial charge in [0.25, 0.3) is 0 Å². The van der Waals surface area contributed by atoms with Crippen LogP contribution in [0.1, 0.15) is 63.9 Å². The van der Waals surface area contributed by atoms with Crippen LogP contribution in [0.25, 0.3) is 0 Å². The van der Waals surface area contributed by atoms with Gasteiger partial charge in [-0.3, -0.25) is 9.59 Å². The molecule has 0 bridgehead atoms. The molecular formula is C26H31ClN2O6. The van der Waals surface area contributed by atoms with E-state index in [4.69, 9.17) is 21.1 Å². The predicted octanol–water partition coefficient (Wildman–Crippen LogP) is 5.52. The summed E-state index contributed by atoms with van der Waals surface area (Å²) in [6.45, 7) is 7.21. The van der Waals surface area contributed by atoms with Gasteiger partial charge in [-0.25, -0.2) is 14.5 Å². The van der Waals surface area contributed by atoms with Crippen LogP contribution in [0, 0.1) is 0 Å². The minimum atomic E-state index is -0.543. The fraction of sp³-hybridized carbons (Fsp3) is 0.385. The van der Waals surface area contributed by atoms with Crippen molar-refractivity contribution < 1.29 is 28.7 Å². The van der Waals surface area contributed by atoms with Crippen LogP contribution in [-0.4, -0.2) is 40.3 Å². The van der Waals surface area contributed by atoms with Crippen LogP contribution >= 0.6 is 11.6 Å². The Kier molecular flexibility index (Phi) is 10.7. The number of ether oxygens (including phenoxy) is 2. The lowest BCUT2D eigenvalue weighted by molar-refractivity contribution is -0.128. The number of halogens is 1. The molecule has 1 N–H and O–H groups in total. The van der Waals surface area contributed by atoms with E-state index in [1.54, 1.807) is 13.8 Å². The molecule has 2 heterocycles. The topological polar surface area (TPSA) is 102 Å². The number of nitrogens with one attached hydrogen (secondary N) is 1. The molecule has 2 saturated heterocycles. The molecule has 2 aliphatic heterocycles. The number of imide groups is 1. The molecular weight excluding hydrogens is 472 g/mol. The Morgan fingerprint density at radius 1 is 0.857 bits per heavy atom. The van der Waals surface area contributed by atoms with E-state index in [1.165, 1.54) is 4.90 Å². The molecule has 0 saturated carbocycles. The Bertz CT molecular complexity index is 1000. The normalized spacial score (nSPS) is 22.5. The summed E-state index contributed by atoms with van der Waals surface area (Å²) in [5, 5.41) is 2.43. The highest BCUT2D eigenvalue weighted by Gasteiger charge is 2.42. The van der Waals surface area contributed by atoms with Crippen molar-refractivity contribution >= 4 is 34.9 Å². The smallest absolute Gasteiger partial charge is 0.417 e. The van der Waals surface area contributed by atoms with Gasteiger partial charge in [0.1, 0.15) is 12.2 Å². The molecule has 0 radical (unpaired) electrons. The molecule has 4 rings (SSSR count).